The predicted molar refractivity (Wildman–Crippen MR) is 40.9 cm³/mol. The second-order valence-corrected chi connectivity index (χ2v) is 3.42. The maximum atomic E-state index is 13.2. The van der Waals surface area contributed by atoms with Crippen LogP contribution in [0.3, 0.4) is 0 Å². The Bertz CT molecular complexity index is 147. The number of alkyl halides is 2. The molecule has 0 spiro atoms. The molecule has 1 rings (SSSR count). The molecule has 0 aromatic heterocycles. The minimum absolute atomic E-state index is 0.0321. The van der Waals surface area contributed by atoms with Crippen molar-refractivity contribution >= 4 is 0 Å². The van der Waals surface area contributed by atoms with Gasteiger partial charge in [0, 0.05) is 6.42 Å². The van der Waals surface area contributed by atoms with E-state index in [0.29, 0.717) is 12.8 Å². The van der Waals surface area contributed by atoms with Gasteiger partial charge in [-0.15, -0.1) is 0 Å². The summed E-state index contributed by atoms with van der Waals surface area (Å²) in [5, 5.41) is 2.89. The van der Waals surface area contributed by atoms with Crippen molar-refractivity contribution in [1.29, 1.82) is 0 Å². The van der Waals surface area contributed by atoms with Crippen LogP contribution in [-0.2, 0) is 0 Å². The highest BCUT2D eigenvalue weighted by molar-refractivity contribution is 4.98. The number of piperidine rings is 1. The van der Waals surface area contributed by atoms with E-state index in [2.05, 4.69) is 5.32 Å². The third kappa shape index (κ3) is 1.39. The molecule has 0 radical (unpaired) electrons. The van der Waals surface area contributed by atoms with Crippen molar-refractivity contribution in [2.75, 3.05) is 6.54 Å². The molecule has 66 valence electrons. The van der Waals surface area contributed by atoms with Gasteiger partial charge < -0.3 is 5.32 Å². The fourth-order valence-electron chi connectivity index (χ4n) is 1.46. The summed E-state index contributed by atoms with van der Waals surface area (Å²) in [6.07, 6.45) is 1.10. The van der Waals surface area contributed by atoms with Crippen LogP contribution in [-0.4, -0.2) is 18.0 Å². The number of halogens is 2. The first-order chi connectivity index (χ1) is 5.02. The molecule has 11 heavy (non-hydrogen) atoms. The number of rotatable bonds is 1. The fraction of sp³-hybridized carbons (Fsp3) is 1.00. The normalized spacial score (nSPS) is 37.1. The first-order valence-electron chi connectivity index (χ1n) is 4.15. The van der Waals surface area contributed by atoms with Gasteiger partial charge in [0.1, 0.15) is 0 Å². The lowest BCUT2D eigenvalue weighted by molar-refractivity contribution is -0.107. The summed E-state index contributed by atoms with van der Waals surface area (Å²) in [6.45, 7) is 4.12. The molecular formula is C8H15F2N. The van der Waals surface area contributed by atoms with E-state index >= 15 is 0 Å². The van der Waals surface area contributed by atoms with E-state index in [-0.39, 0.29) is 6.42 Å². The second-order valence-electron chi connectivity index (χ2n) is 3.42. The summed E-state index contributed by atoms with van der Waals surface area (Å²) < 4.78 is 26.4. The Balaban J connectivity index is 2.74. The lowest BCUT2D eigenvalue weighted by Gasteiger charge is -2.41. The topological polar surface area (TPSA) is 12.0 Å². The van der Waals surface area contributed by atoms with E-state index in [0.717, 1.165) is 6.54 Å². The van der Waals surface area contributed by atoms with Crippen molar-refractivity contribution in [3.63, 3.8) is 0 Å². The smallest absolute Gasteiger partial charge is 0.265 e. The van der Waals surface area contributed by atoms with Crippen molar-refractivity contribution < 1.29 is 8.78 Å². The summed E-state index contributed by atoms with van der Waals surface area (Å²) in [5.41, 5.74) is -0.967. The average molecular weight is 163 g/mol. The molecule has 0 bridgehead atoms. The Kier molecular flexibility index (Phi) is 2.19. The van der Waals surface area contributed by atoms with Crippen molar-refractivity contribution in [2.24, 2.45) is 0 Å². The third-order valence-corrected chi connectivity index (χ3v) is 2.70. The molecule has 1 saturated heterocycles. The van der Waals surface area contributed by atoms with Gasteiger partial charge in [-0.2, -0.15) is 0 Å². The second kappa shape index (κ2) is 2.70. The first kappa shape index (κ1) is 8.91. The summed E-state index contributed by atoms with van der Waals surface area (Å²) >= 11 is 0. The zero-order chi connectivity index (χ0) is 8.54. The Labute approximate surface area is 66.2 Å². The quantitative estimate of drug-likeness (QED) is 0.624. The molecule has 0 aromatic rings. The van der Waals surface area contributed by atoms with E-state index in [1.54, 1.807) is 13.8 Å². The summed E-state index contributed by atoms with van der Waals surface area (Å²) in [7, 11) is 0. The van der Waals surface area contributed by atoms with Crippen LogP contribution in [0.4, 0.5) is 8.78 Å². The maximum absolute atomic E-state index is 13.2. The lowest BCUT2D eigenvalue weighted by atomic mass is 9.84. The predicted octanol–water partition coefficient (Wildman–Crippen LogP) is 2.17. The van der Waals surface area contributed by atoms with Crippen LogP contribution in [0.15, 0.2) is 0 Å². The van der Waals surface area contributed by atoms with Gasteiger partial charge in [0.15, 0.2) is 0 Å². The molecule has 1 atom stereocenters. The Morgan fingerprint density at radius 1 is 1.45 bits per heavy atom. The van der Waals surface area contributed by atoms with Crippen LogP contribution in [0.25, 0.3) is 0 Å². The van der Waals surface area contributed by atoms with Gasteiger partial charge in [-0.1, -0.05) is 6.92 Å². The van der Waals surface area contributed by atoms with Gasteiger partial charge >= 0.3 is 0 Å². The molecule has 3 heteroatoms. The van der Waals surface area contributed by atoms with E-state index < -0.39 is 11.5 Å². The average Bonchev–Trinajstić information content (AvgIpc) is 1.95. The number of hydrogen-bond acceptors (Lipinski definition) is 1. The molecule has 1 heterocycles. The maximum Gasteiger partial charge on any atom is 0.265 e. The molecule has 0 amide bonds. The highest BCUT2D eigenvalue weighted by atomic mass is 19.3. The molecule has 0 aromatic carbocycles. The van der Waals surface area contributed by atoms with Crippen molar-refractivity contribution in [1.82, 2.24) is 5.32 Å². The Morgan fingerprint density at radius 2 is 2.09 bits per heavy atom. The zero-order valence-electron chi connectivity index (χ0n) is 7.08. The van der Waals surface area contributed by atoms with Crippen molar-refractivity contribution in [2.45, 2.75) is 44.6 Å². The minimum atomic E-state index is -2.53. The van der Waals surface area contributed by atoms with Crippen LogP contribution in [0.5, 0.6) is 0 Å². The van der Waals surface area contributed by atoms with Gasteiger partial charge in [0.05, 0.1) is 5.54 Å². The van der Waals surface area contributed by atoms with E-state index in [1.807, 2.05) is 0 Å². The molecule has 1 aliphatic rings. The lowest BCUT2D eigenvalue weighted by Crippen LogP contribution is -2.59. The van der Waals surface area contributed by atoms with Crippen LogP contribution < -0.4 is 5.32 Å². The van der Waals surface area contributed by atoms with Crippen molar-refractivity contribution in [3.8, 4) is 0 Å². The van der Waals surface area contributed by atoms with Crippen LogP contribution in [0.1, 0.15) is 33.1 Å². The molecule has 1 fully saturated rings. The highest BCUT2D eigenvalue weighted by Crippen LogP contribution is 2.37. The zero-order valence-corrected chi connectivity index (χ0v) is 7.08. The largest absolute Gasteiger partial charge is 0.306 e. The summed E-state index contributed by atoms with van der Waals surface area (Å²) in [4.78, 5) is 0. The first-order valence-corrected chi connectivity index (χ1v) is 4.15. The molecule has 0 saturated carbocycles. The Hall–Kier alpha value is -0.180. The van der Waals surface area contributed by atoms with Gasteiger partial charge in [-0.05, 0) is 26.3 Å². The Morgan fingerprint density at radius 3 is 2.45 bits per heavy atom. The van der Waals surface area contributed by atoms with Gasteiger partial charge in [-0.3, -0.25) is 0 Å². The molecule has 1 unspecified atom stereocenters. The van der Waals surface area contributed by atoms with E-state index in [9.17, 15) is 8.78 Å². The molecule has 0 aliphatic carbocycles. The summed E-state index contributed by atoms with van der Waals surface area (Å²) in [6, 6.07) is 0. The molecule has 1 N–H and O–H groups in total. The van der Waals surface area contributed by atoms with Gasteiger partial charge in [0.2, 0.25) is 0 Å². The number of nitrogens with one attached hydrogen (secondary N) is 1. The summed E-state index contributed by atoms with van der Waals surface area (Å²) in [5.74, 6) is -2.53. The van der Waals surface area contributed by atoms with Gasteiger partial charge in [0.25, 0.3) is 5.92 Å². The van der Waals surface area contributed by atoms with Crippen molar-refractivity contribution in [3.05, 3.63) is 0 Å². The monoisotopic (exact) mass is 163 g/mol. The van der Waals surface area contributed by atoms with Crippen LogP contribution in [0.2, 0.25) is 0 Å². The third-order valence-electron chi connectivity index (χ3n) is 2.70. The van der Waals surface area contributed by atoms with Crippen LogP contribution in [0, 0.1) is 0 Å². The van der Waals surface area contributed by atoms with E-state index in [4.69, 9.17) is 0 Å². The SMILES string of the molecule is CCC1(C)NCCCC1(F)F. The standard InChI is InChI=1S/C8H15F2N/c1-3-7(2)8(9,10)5-4-6-11-7/h11H,3-6H2,1-2H3. The van der Waals surface area contributed by atoms with Crippen LogP contribution >= 0.6 is 0 Å². The fourth-order valence-corrected chi connectivity index (χ4v) is 1.46. The highest BCUT2D eigenvalue weighted by Gasteiger charge is 2.49. The minimum Gasteiger partial charge on any atom is -0.306 e. The van der Waals surface area contributed by atoms with Gasteiger partial charge in [-0.25, -0.2) is 8.78 Å². The van der Waals surface area contributed by atoms with E-state index in [1.165, 1.54) is 0 Å². The molecule has 1 aliphatic heterocycles. The number of hydrogen-bond donors (Lipinski definition) is 1. The molecular weight excluding hydrogens is 148 g/mol. The molecule has 1 nitrogen and oxygen atoms in total.